The van der Waals surface area contributed by atoms with Crippen LogP contribution in [0.1, 0.15) is 95.0 Å². The normalized spacial score (nSPS) is 13.2. The number of aliphatic hydroxyl groups is 1. The van der Waals surface area contributed by atoms with Crippen LogP contribution in [0.25, 0.3) is 0 Å². The summed E-state index contributed by atoms with van der Waals surface area (Å²) in [5.41, 5.74) is -5.74. The van der Waals surface area contributed by atoms with Crippen molar-refractivity contribution in [3.05, 3.63) is 35.4 Å². The van der Waals surface area contributed by atoms with Gasteiger partial charge in [0, 0.05) is 5.56 Å². The van der Waals surface area contributed by atoms with Crippen molar-refractivity contribution in [3.63, 3.8) is 0 Å². The third kappa shape index (κ3) is 10.3. The molecule has 0 aliphatic carbocycles. The second-order valence-corrected chi connectivity index (χ2v) is 14.8. The topological polar surface area (TPSA) is 37.3 Å². The fourth-order valence-corrected chi connectivity index (χ4v) is 10.2. The Labute approximate surface area is 213 Å². The molecule has 0 aromatic heterocycles. The van der Waals surface area contributed by atoms with Crippen molar-refractivity contribution in [2.75, 3.05) is 24.6 Å². The van der Waals surface area contributed by atoms with Gasteiger partial charge in [-0.3, -0.25) is 4.79 Å². The Kier molecular flexibility index (Phi) is 15.5. The Hall–Kier alpha value is -1.14. The number of carbonyl (C=O) groups is 1. The summed E-state index contributed by atoms with van der Waals surface area (Å²) < 4.78 is 74.5. The Bertz CT molecular complexity index is 693. The minimum Gasteiger partial charge on any atom is -0.367 e. The van der Waals surface area contributed by atoms with Crippen molar-refractivity contribution in [2.24, 2.45) is 0 Å². The van der Waals surface area contributed by atoms with Gasteiger partial charge in [0.05, 0.1) is 0 Å². The summed E-state index contributed by atoms with van der Waals surface area (Å²) in [6, 6.07) is 3.92. The fourth-order valence-electron chi connectivity index (χ4n) is 4.29. The molecular formula is C27H45F6O2P. The van der Waals surface area contributed by atoms with E-state index in [9.17, 15) is 31.1 Å². The summed E-state index contributed by atoms with van der Waals surface area (Å²) in [7, 11) is -0.879. The van der Waals surface area contributed by atoms with Gasteiger partial charge in [-0.2, -0.15) is 26.3 Å². The molecule has 1 rings (SSSR count). The van der Waals surface area contributed by atoms with Gasteiger partial charge in [0.25, 0.3) is 0 Å². The van der Waals surface area contributed by atoms with Gasteiger partial charge in [0.2, 0.25) is 5.78 Å². The van der Waals surface area contributed by atoms with Crippen LogP contribution < -0.4 is 0 Å². The van der Waals surface area contributed by atoms with Crippen LogP contribution in [0.5, 0.6) is 0 Å². The van der Waals surface area contributed by atoms with Gasteiger partial charge < -0.3 is 5.11 Å². The molecule has 0 unspecified atom stereocenters. The molecule has 0 heterocycles. The number of Topliss-reactive ketones (excluding diaryl/α,β-unsaturated/α-hetero) is 1. The number of unbranched alkanes of at least 4 members (excludes halogenated alkanes) is 4. The van der Waals surface area contributed by atoms with Gasteiger partial charge >= 0.3 is 129 Å². The molecule has 1 aromatic rings. The number of aryl methyl sites for hydroxylation is 1. The zero-order chi connectivity index (χ0) is 28.0. The van der Waals surface area contributed by atoms with E-state index in [0.29, 0.717) is 5.56 Å². The molecule has 36 heavy (non-hydrogen) atoms. The molecule has 0 atom stereocenters. The van der Waals surface area contributed by atoms with E-state index in [2.05, 4.69) is 27.7 Å². The monoisotopic (exact) mass is 546 g/mol. The minimum atomic E-state index is -6.16. The van der Waals surface area contributed by atoms with E-state index >= 15 is 0 Å². The Balaban J connectivity index is 0.000000686. The summed E-state index contributed by atoms with van der Waals surface area (Å²) in [6.07, 6.45) is 5.82. The summed E-state index contributed by atoms with van der Waals surface area (Å²) in [5.74, 6) is -2.45. The Morgan fingerprint density at radius 2 is 1.00 bits per heavy atom. The predicted molar refractivity (Wildman–Crippen MR) is 140 cm³/mol. The summed E-state index contributed by atoms with van der Waals surface area (Å²) in [6.45, 7) is 11.0. The molecule has 0 fully saturated rings. The molecule has 9 heteroatoms. The van der Waals surface area contributed by atoms with E-state index in [1.54, 1.807) is 24.6 Å². The minimum absolute atomic E-state index is 0.541. The second kappa shape index (κ2) is 16.0. The molecule has 0 spiro atoms. The van der Waals surface area contributed by atoms with Gasteiger partial charge in [0.15, 0.2) is 0 Å². The van der Waals surface area contributed by atoms with Crippen LogP contribution in [0.3, 0.4) is 0 Å². The van der Waals surface area contributed by atoms with E-state index in [1.165, 1.54) is 70.4 Å². The third-order valence-corrected chi connectivity index (χ3v) is 12.4. The quantitative estimate of drug-likeness (QED) is 0.144. The molecule has 1 N–H and O–H groups in total. The average Bonchev–Trinajstić information content (AvgIpc) is 2.81. The van der Waals surface area contributed by atoms with Crippen molar-refractivity contribution in [3.8, 4) is 0 Å². The SMILES string of the molecule is CCCC[PH](CCCC)(CCCC)CCCC.Cc1ccc(C(=O)C(O)(C(F)(F)F)C(F)(F)F)cc1. The third-order valence-electron chi connectivity index (χ3n) is 6.71. The van der Waals surface area contributed by atoms with Gasteiger partial charge in [0.1, 0.15) is 0 Å². The molecule has 0 aliphatic heterocycles. The smallest absolute Gasteiger partial charge is 0.367 e. The summed E-state index contributed by atoms with van der Waals surface area (Å²) in [5, 5.41) is 8.88. The van der Waals surface area contributed by atoms with E-state index in [4.69, 9.17) is 5.11 Å². The van der Waals surface area contributed by atoms with Crippen molar-refractivity contribution < 1.29 is 36.2 Å². The zero-order valence-electron chi connectivity index (χ0n) is 22.4. The maximum Gasteiger partial charge on any atom is 0.434 e. The molecule has 0 saturated carbocycles. The Morgan fingerprint density at radius 1 is 0.694 bits per heavy atom. The van der Waals surface area contributed by atoms with Crippen LogP contribution in [0.15, 0.2) is 24.3 Å². The zero-order valence-corrected chi connectivity index (χ0v) is 23.4. The first-order chi connectivity index (χ1) is 16.7. The van der Waals surface area contributed by atoms with Gasteiger partial charge in [-0.1, -0.05) is 29.8 Å². The van der Waals surface area contributed by atoms with Crippen LogP contribution in [0.4, 0.5) is 26.3 Å². The van der Waals surface area contributed by atoms with Crippen molar-refractivity contribution in [1.29, 1.82) is 0 Å². The molecule has 0 saturated heterocycles. The Morgan fingerprint density at radius 3 is 1.25 bits per heavy atom. The summed E-state index contributed by atoms with van der Waals surface area (Å²) >= 11 is 0. The van der Waals surface area contributed by atoms with Crippen molar-refractivity contribution in [1.82, 2.24) is 0 Å². The van der Waals surface area contributed by atoms with E-state index in [0.717, 1.165) is 12.1 Å². The number of halogens is 6. The molecular weight excluding hydrogens is 501 g/mol. The largest absolute Gasteiger partial charge is 0.434 e. The molecule has 212 valence electrons. The van der Waals surface area contributed by atoms with Crippen LogP contribution in [-0.2, 0) is 0 Å². The molecule has 0 bridgehead atoms. The van der Waals surface area contributed by atoms with E-state index in [-0.39, 0.29) is 0 Å². The van der Waals surface area contributed by atoms with Gasteiger partial charge in [-0.15, -0.1) is 0 Å². The number of rotatable bonds is 14. The number of ketones is 1. The molecule has 2 nitrogen and oxygen atoms in total. The first kappa shape index (κ1) is 34.9. The standard InChI is InChI=1S/C16H37P.C11H8F6O2/c1-5-9-13-17(14-10-6-2,15-11-7-3)16-12-8-4;1-6-2-4-7(5-3-6)8(18)9(19,10(12,13)14)11(15,16)17/h17H,5-16H2,1-4H3;2-5,19H,1H3. The average molecular weight is 547 g/mol. The number of benzene rings is 1. The van der Waals surface area contributed by atoms with Crippen molar-refractivity contribution >= 4 is 13.0 Å². The van der Waals surface area contributed by atoms with Crippen LogP contribution >= 0.6 is 7.26 Å². The molecule has 0 aliphatic rings. The first-order valence-corrected chi connectivity index (χ1v) is 16.0. The van der Waals surface area contributed by atoms with E-state index < -0.39 is 36.6 Å². The maximum absolute atomic E-state index is 12.4. The number of alkyl halides is 6. The second-order valence-electron chi connectivity index (χ2n) is 9.82. The maximum atomic E-state index is 12.4. The number of hydrogen-bond donors (Lipinski definition) is 1. The fraction of sp³-hybridized carbons (Fsp3) is 0.741. The molecule has 0 radical (unpaired) electrons. The first-order valence-electron chi connectivity index (χ1n) is 13.1. The number of carbonyl (C=O) groups excluding carboxylic acids is 1. The van der Waals surface area contributed by atoms with Crippen molar-refractivity contribution in [2.45, 2.75) is 104 Å². The van der Waals surface area contributed by atoms with Crippen LogP contribution in [0, 0.1) is 6.92 Å². The van der Waals surface area contributed by atoms with Crippen LogP contribution in [0.2, 0.25) is 0 Å². The number of hydrogen-bond acceptors (Lipinski definition) is 2. The molecule has 1 aromatic carbocycles. The van der Waals surface area contributed by atoms with Gasteiger partial charge in [-0.05, 0) is 6.92 Å². The van der Waals surface area contributed by atoms with Gasteiger partial charge in [-0.25, -0.2) is 0 Å². The predicted octanol–water partition coefficient (Wildman–Crippen LogP) is 8.97. The van der Waals surface area contributed by atoms with E-state index in [1.807, 2.05) is 0 Å². The summed E-state index contributed by atoms with van der Waals surface area (Å²) in [4.78, 5) is 11.4. The molecule has 0 amide bonds. The van der Waals surface area contributed by atoms with Crippen LogP contribution in [-0.4, -0.2) is 53.5 Å².